The second-order valence-electron chi connectivity index (χ2n) is 8.07. The Kier molecular flexibility index (Phi) is 5.48. The predicted molar refractivity (Wildman–Crippen MR) is 90.5 cm³/mol. The molecular weight excluding hydrogens is 306 g/mol. The molecule has 0 aromatic heterocycles. The van der Waals surface area contributed by atoms with Crippen molar-refractivity contribution in [3.05, 3.63) is 0 Å². The number of ether oxygens (including phenoxy) is 1. The number of aliphatic carboxylic acids is 1. The standard InChI is InChI=1S/C19H31NO4/c1-2-5-15(10-14-6-3-4-7-14)17(21)20-11-16-12-24-9-8-19(16,13-20)18(22)23/h14-16H,2-13H2,1H3,(H,22,23)/t15?,16-,19+/m0/s1. The summed E-state index contributed by atoms with van der Waals surface area (Å²) in [6.07, 6.45) is 8.54. The minimum absolute atomic E-state index is 0.0542. The Bertz CT molecular complexity index is 474. The second-order valence-corrected chi connectivity index (χ2v) is 8.07. The first-order valence-corrected chi connectivity index (χ1v) is 9.66. The van der Waals surface area contributed by atoms with Gasteiger partial charge in [-0.1, -0.05) is 39.0 Å². The number of rotatable bonds is 6. The van der Waals surface area contributed by atoms with E-state index >= 15 is 0 Å². The number of carboxylic acids is 1. The highest BCUT2D eigenvalue weighted by atomic mass is 16.5. The Morgan fingerprint density at radius 2 is 2.08 bits per heavy atom. The van der Waals surface area contributed by atoms with Crippen molar-refractivity contribution < 1.29 is 19.4 Å². The molecule has 2 aliphatic heterocycles. The third-order valence-electron chi connectivity index (χ3n) is 6.52. The van der Waals surface area contributed by atoms with Crippen LogP contribution in [0.25, 0.3) is 0 Å². The lowest BCUT2D eigenvalue weighted by Crippen LogP contribution is -2.45. The number of carbonyl (C=O) groups excluding carboxylic acids is 1. The van der Waals surface area contributed by atoms with Gasteiger partial charge in [-0.15, -0.1) is 0 Å². The molecule has 1 amide bonds. The molecule has 2 heterocycles. The molecule has 136 valence electrons. The predicted octanol–water partition coefficient (Wildman–Crippen LogP) is 2.93. The van der Waals surface area contributed by atoms with E-state index in [1.165, 1.54) is 25.7 Å². The van der Waals surface area contributed by atoms with Crippen molar-refractivity contribution in [1.29, 1.82) is 0 Å². The Morgan fingerprint density at radius 3 is 2.71 bits per heavy atom. The van der Waals surface area contributed by atoms with E-state index in [4.69, 9.17) is 4.74 Å². The lowest BCUT2D eigenvalue weighted by molar-refractivity contribution is -0.157. The maximum atomic E-state index is 13.1. The van der Waals surface area contributed by atoms with Crippen molar-refractivity contribution in [2.75, 3.05) is 26.3 Å². The van der Waals surface area contributed by atoms with Crippen LogP contribution in [0.3, 0.4) is 0 Å². The molecular formula is C19H31NO4. The lowest BCUT2D eigenvalue weighted by atomic mass is 9.74. The number of carbonyl (C=O) groups is 2. The molecule has 0 spiro atoms. The fourth-order valence-corrected chi connectivity index (χ4v) is 5.06. The fraction of sp³-hybridized carbons (Fsp3) is 0.895. The Labute approximate surface area is 144 Å². The highest BCUT2D eigenvalue weighted by molar-refractivity contribution is 5.82. The number of amides is 1. The van der Waals surface area contributed by atoms with Crippen LogP contribution in [0.1, 0.15) is 58.3 Å². The van der Waals surface area contributed by atoms with Crippen molar-refractivity contribution >= 4 is 11.9 Å². The van der Waals surface area contributed by atoms with Crippen LogP contribution in [0.5, 0.6) is 0 Å². The van der Waals surface area contributed by atoms with E-state index in [0.717, 1.165) is 19.3 Å². The third kappa shape index (κ3) is 3.32. The van der Waals surface area contributed by atoms with Gasteiger partial charge in [0, 0.05) is 31.5 Å². The highest BCUT2D eigenvalue weighted by Gasteiger charge is 2.55. The van der Waals surface area contributed by atoms with E-state index in [9.17, 15) is 14.7 Å². The molecule has 5 heteroatoms. The largest absolute Gasteiger partial charge is 0.481 e. The smallest absolute Gasteiger partial charge is 0.311 e. The second kappa shape index (κ2) is 7.42. The molecule has 0 aromatic rings. The van der Waals surface area contributed by atoms with Crippen molar-refractivity contribution in [3.63, 3.8) is 0 Å². The van der Waals surface area contributed by atoms with Gasteiger partial charge in [-0.05, 0) is 25.2 Å². The molecule has 0 aromatic carbocycles. The molecule has 1 saturated carbocycles. The van der Waals surface area contributed by atoms with Crippen molar-refractivity contribution in [2.45, 2.75) is 58.3 Å². The average Bonchev–Trinajstić information content (AvgIpc) is 3.21. The summed E-state index contributed by atoms with van der Waals surface area (Å²) in [6.45, 7) is 4.02. The summed E-state index contributed by atoms with van der Waals surface area (Å²) < 4.78 is 5.50. The third-order valence-corrected chi connectivity index (χ3v) is 6.52. The summed E-state index contributed by atoms with van der Waals surface area (Å²) >= 11 is 0. The summed E-state index contributed by atoms with van der Waals surface area (Å²) in [4.78, 5) is 26.9. The molecule has 3 rings (SSSR count). The molecule has 1 N–H and O–H groups in total. The number of hydrogen-bond acceptors (Lipinski definition) is 3. The lowest BCUT2D eigenvalue weighted by Gasteiger charge is -2.34. The summed E-state index contributed by atoms with van der Waals surface area (Å²) in [6, 6.07) is 0. The van der Waals surface area contributed by atoms with Crippen LogP contribution < -0.4 is 0 Å². The number of hydrogen-bond donors (Lipinski definition) is 1. The molecule has 0 bridgehead atoms. The minimum Gasteiger partial charge on any atom is -0.481 e. The van der Waals surface area contributed by atoms with Crippen molar-refractivity contribution in [2.24, 2.45) is 23.2 Å². The fourth-order valence-electron chi connectivity index (χ4n) is 5.06. The molecule has 1 aliphatic carbocycles. The molecule has 5 nitrogen and oxygen atoms in total. The molecule has 3 aliphatic rings. The molecule has 1 unspecified atom stereocenters. The van der Waals surface area contributed by atoms with Gasteiger partial charge in [-0.25, -0.2) is 0 Å². The van der Waals surface area contributed by atoms with E-state index in [2.05, 4.69) is 6.92 Å². The Balaban J connectivity index is 1.69. The Morgan fingerprint density at radius 1 is 1.33 bits per heavy atom. The van der Waals surface area contributed by atoms with Crippen LogP contribution >= 0.6 is 0 Å². The van der Waals surface area contributed by atoms with Crippen LogP contribution in [0.4, 0.5) is 0 Å². The van der Waals surface area contributed by atoms with Crippen LogP contribution in [0.2, 0.25) is 0 Å². The van der Waals surface area contributed by atoms with E-state index in [-0.39, 0.29) is 17.7 Å². The minimum atomic E-state index is -0.780. The highest BCUT2D eigenvalue weighted by Crippen LogP contribution is 2.43. The zero-order valence-corrected chi connectivity index (χ0v) is 14.8. The number of nitrogens with zero attached hydrogens (tertiary/aromatic N) is 1. The zero-order valence-electron chi connectivity index (χ0n) is 14.8. The summed E-state index contributed by atoms with van der Waals surface area (Å²) in [5, 5.41) is 9.78. The summed E-state index contributed by atoms with van der Waals surface area (Å²) in [5.41, 5.74) is -0.780. The normalized spacial score (nSPS) is 31.9. The van der Waals surface area contributed by atoms with E-state index < -0.39 is 11.4 Å². The Hall–Kier alpha value is -1.10. The first-order chi connectivity index (χ1) is 11.6. The SMILES string of the molecule is CCCC(CC1CCCC1)C(=O)N1C[C@H]2COCC[C@@]2(C(=O)O)C1. The van der Waals surface area contributed by atoms with Crippen molar-refractivity contribution in [1.82, 2.24) is 4.90 Å². The quantitative estimate of drug-likeness (QED) is 0.809. The molecule has 3 fully saturated rings. The average molecular weight is 337 g/mol. The number of fused-ring (bicyclic) bond motifs is 1. The molecule has 2 saturated heterocycles. The zero-order chi connectivity index (χ0) is 17.2. The molecule has 0 radical (unpaired) electrons. The van der Waals surface area contributed by atoms with Gasteiger partial charge in [0.05, 0.1) is 12.0 Å². The van der Waals surface area contributed by atoms with Crippen LogP contribution in [-0.4, -0.2) is 48.2 Å². The van der Waals surface area contributed by atoms with E-state index in [1.54, 1.807) is 0 Å². The number of carboxylic acid groups (broad SMARTS) is 1. The van der Waals surface area contributed by atoms with Gasteiger partial charge in [0.2, 0.25) is 5.91 Å². The summed E-state index contributed by atoms with van der Waals surface area (Å²) in [7, 11) is 0. The van der Waals surface area contributed by atoms with Gasteiger partial charge in [-0.2, -0.15) is 0 Å². The van der Waals surface area contributed by atoms with Gasteiger partial charge >= 0.3 is 5.97 Å². The van der Waals surface area contributed by atoms with E-state index in [1.807, 2.05) is 4.90 Å². The first-order valence-electron chi connectivity index (χ1n) is 9.66. The first kappa shape index (κ1) is 17.7. The van der Waals surface area contributed by atoms with Crippen LogP contribution in [-0.2, 0) is 14.3 Å². The maximum absolute atomic E-state index is 13.1. The van der Waals surface area contributed by atoms with Crippen LogP contribution in [0.15, 0.2) is 0 Å². The van der Waals surface area contributed by atoms with Gasteiger partial charge < -0.3 is 14.7 Å². The van der Waals surface area contributed by atoms with Gasteiger partial charge in [0.1, 0.15) is 0 Å². The van der Waals surface area contributed by atoms with Gasteiger partial charge in [0.25, 0.3) is 0 Å². The number of likely N-dealkylation sites (tertiary alicyclic amines) is 1. The van der Waals surface area contributed by atoms with Crippen LogP contribution in [0, 0.1) is 23.2 Å². The monoisotopic (exact) mass is 337 g/mol. The topological polar surface area (TPSA) is 66.8 Å². The van der Waals surface area contributed by atoms with E-state index in [0.29, 0.717) is 38.6 Å². The maximum Gasteiger partial charge on any atom is 0.311 e. The molecule has 24 heavy (non-hydrogen) atoms. The van der Waals surface area contributed by atoms with Gasteiger partial charge in [-0.3, -0.25) is 9.59 Å². The summed E-state index contributed by atoms with van der Waals surface area (Å²) in [5.74, 6) is 0.145. The van der Waals surface area contributed by atoms with Gasteiger partial charge in [0.15, 0.2) is 0 Å². The molecule has 3 atom stereocenters. The van der Waals surface area contributed by atoms with Crippen molar-refractivity contribution in [3.8, 4) is 0 Å².